The minimum atomic E-state index is -0.904. The molecule has 0 aromatic carbocycles. The fourth-order valence-electron chi connectivity index (χ4n) is 1.43. The van der Waals surface area contributed by atoms with E-state index < -0.39 is 5.54 Å². The number of hydrogen-bond donors (Lipinski definition) is 1. The zero-order valence-electron chi connectivity index (χ0n) is 10.4. The Morgan fingerprint density at radius 3 is 2.53 bits per heavy atom. The molecular formula is C11H24N2O2. The predicted molar refractivity (Wildman–Crippen MR) is 61.6 cm³/mol. The number of likely N-dealkylation sites (N-methyl/N-ethyl adjacent to an activating group) is 1. The fourth-order valence-corrected chi connectivity index (χ4v) is 1.43. The van der Waals surface area contributed by atoms with Gasteiger partial charge in [-0.15, -0.1) is 0 Å². The van der Waals surface area contributed by atoms with Crippen molar-refractivity contribution in [3.8, 4) is 0 Å². The second-order valence-electron chi connectivity index (χ2n) is 4.23. The number of esters is 1. The second-order valence-corrected chi connectivity index (χ2v) is 4.23. The highest BCUT2D eigenvalue weighted by molar-refractivity contribution is 5.80. The van der Waals surface area contributed by atoms with Crippen molar-refractivity contribution in [3.63, 3.8) is 0 Å². The number of nitrogens with two attached hydrogens (primary N) is 1. The van der Waals surface area contributed by atoms with E-state index in [1.54, 1.807) is 13.8 Å². The maximum Gasteiger partial charge on any atom is 0.327 e. The third-order valence-corrected chi connectivity index (χ3v) is 2.23. The Balaban J connectivity index is 4.05. The summed E-state index contributed by atoms with van der Waals surface area (Å²) in [5.74, 6) is -0.326. The number of nitrogens with zero attached hydrogens (tertiary/aromatic N) is 1. The van der Waals surface area contributed by atoms with Gasteiger partial charge in [0, 0.05) is 6.54 Å². The lowest BCUT2D eigenvalue weighted by Gasteiger charge is -2.27. The number of ether oxygens (including phenoxy) is 1. The van der Waals surface area contributed by atoms with E-state index in [-0.39, 0.29) is 5.97 Å². The molecule has 0 bridgehead atoms. The predicted octanol–water partition coefficient (Wildman–Crippen LogP) is 0.999. The highest BCUT2D eigenvalue weighted by atomic mass is 16.5. The van der Waals surface area contributed by atoms with E-state index in [4.69, 9.17) is 10.5 Å². The first kappa shape index (κ1) is 14.4. The summed E-state index contributed by atoms with van der Waals surface area (Å²) in [6.45, 7) is 7.52. The van der Waals surface area contributed by atoms with Crippen LogP contribution in [0.5, 0.6) is 0 Å². The van der Waals surface area contributed by atoms with Gasteiger partial charge in [0.25, 0.3) is 0 Å². The molecule has 0 aromatic rings. The molecule has 0 aliphatic rings. The van der Waals surface area contributed by atoms with Crippen molar-refractivity contribution in [2.24, 2.45) is 5.73 Å². The maximum atomic E-state index is 11.5. The molecule has 1 unspecified atom stereocenters. The van der Waals surface area contributed by atoms with Gasteiger partial charge in [-0.1, -0.05) is 13.3 Å². The molecule has 4 nitrogen and oxygen atoms in total. The average molecular weight is 216 g/mol. The molecule has 0 radical (unpaired) electrons. The first-order chi connectivity index (χ1) is 6.94. The quantitative estimate of drug-likeness (QED) is 0.645. The van der Waals surface area contributed by atoms with Gasteiger partial charge in [-0.25, -0.2) is 0 Å². The van der Waals surface area contributed by atoms with Crippen molar-refractivity contribution in [2.75, 3.05) is 26.7 Å². The number of hydrogen-bond acceptors (Lipinski definition) is 4. The average Bonchev–Trinajstić information content (AvgIpc) is 2.14. The summed E-state index contributed by atoms with van der Waals surface area (Å²) in [4.78, 5) is 13.6. The molecule has 0 saturated heterocycles. The van der Waals surface area contributed by atoms with Crippen molar-refractivity contribution < 1.29 is 9.53 Å². The normalized spacial score (nSPS) is 15.1. The zero-order valence-corrected chi connectivity index (χ0v) is 10.4. The van der Waals surface area contributed by atoms with Crippen LogP contribution < -0.4 is 5.73 Å². The van der Waals surface area contributed by atoms with Crippen molar-refractivity contribution in [1.29, 1.82) is 0 Å². The van der Waals surface area contributed by atoms with E-state index in [9.17, 15) is 4.79 Å². The molecule has 0 rings (SSSR count). The molecule has 0 spiro atoms. The summed E-state index contributed by atoms with van der Waals surface area (Å²) in [6.07, 6.45) is 2.26. The van der Waals surface area contributed by atoms with Crippen LogP contribution in [-0.4, -0.2) is 43.2 Å². The smallest absolute Gasteiger partial charge is 0.327 e. The fraction of sp³-hybridized carbons (Fsp3) is 0.909. The topological polar surface area (TPSA) is 55.6 Å². The Morgan fingerprint density at radius 2 is 2.07 bits per heavy atom. The lowest BCUT2D eigenvalue weighted by molar-refractivity contribution is -0.149. The van der Waals surface area contributed by atoms with Gasteiger partial charge in [0.1, 0.15) is 5.54 Å². The van der Waals surface area contributed by atoms with Gasteiger partial charge in [-0.3, -0.25) is 4.79 Å². The number of carbonyl (C=O) groups excluding carboxylic acids is 1. The molecule has 4 heteroatoms. The van der Waals surface area contributed by atoms with E-state index in [1.807, 2.05) is 7.05 Å². The van der Waals surface area contributed by atoms with E-state index in [0.29, 0.717) is 13.2 Å². The molecule has 0 aromatic heterocycles. The van der Waals surface area contributed by atoms with Crippen LogP contribution in [0.1, 0.15) is 33.6 Å². The van der Waals surface area contributed by atoms with Gasteiger partial charge in [-0.05, 0) is 33.9 Å². The first-order valence-electron chi connectivity index (χ1n) is 5.58. The largest absolute Gasteiger partial charge is 0.465 e. The molecule has 0 aliphatic carbocycles. The molecule has 1 atom stereocenters. The van der Waals surface area contributed by atoms with Crippen molar-refractivity contribution in [2.45, 2.75) is 39.2 Å². The number of unbranched alkanes of at least 4 members (excludes halogenated alkanes) is 1. The monoisotopic (exact) mass is 216 g/mol. The molecular weight excluding hydrogens is 192 g/mol. The molecule has 0 saturated carbocycles. The lowest BCUT2D eigenvalue weighted by Crippen LogP contribution is -2.54. The van der Waals surface area contributed by atoms with Crippen molar-refractivity contribution >= 4 is 5.97 Å². The van der Waals surface area contributed by atoms with Crippen LogP contribution >= 0.6 is 0 Å². The van der Waals surface area contributed by atoms with E-state index >= 15 is 0 Å². The van der Waals surface area contributed by atoms with Crippen LogP contribution in [0.15, 0.2) is 0 Å². The van der Waals surface area contributed by atoms with Gasteiger partial charge < -0.3 is 15.4 Å². The van der Waals surface area contributed by atoms with Gasteiger partial charge in [-0.2, -0.15) is 0 Å². The standard InChI is InChI=1S/C11H24N2O2/c1-5-7-8-13(4)9-11(3,12)10(14)15-6-2/h5-9,12H2,1-4H3. The second kappa shape index (κ2) is 6.80. The Hall–Kier alpha value is -0.610. The first-order valence-corrected chi connectivity index (χ1v) is 5.58. The van der Waals surface area contributed by atoms with Crippen molar-refractivity contribution in [3.05, 3.63) is 0 Å². The van der Waals surface area contributed by atoms with E-state index in [2.05, 4.69) is 11.8 Å². The van der Waals surface area contributed by atoms with Gasteiger partial charge in [0.15, 0.2) is 0 Å². The van der Waals surface area contributed by atoms with Crippen LogP contribution in [0.4, 0.5) is 0 Å². The Labute approximate surface area is 92.8 Å². The third-order valence-electron chi connectivity index (χ3n) is 2.23. The minimum absolute atomic E-state index is 0.326. The van der Waals surface area contributed by atoms with Crippen LogP contribution in [0.2, 0.25) is 0 Å². The molecule has 90 valence electrons. The Kier molecular flexibility index (Phi) is 6.52. The van der Waals surface area contributed by atoms with Gasteiger partial charge >= 0.3 is 5.97 Å². The molecule has 0 aliphatic heterocycles. The summed E-state index contributed by atoms with van der Waals surface area (Å²) in [5, 5.41) is 0. The van der Waals surface area contributed by atoms with Gasteiger partial charge in [0.2, 0.25) is 0 Å². The highest BCUT2D eigenvalue weighted by Crippen LogP contribution is 2.05. The highest BCUT2D eigenvalue weighted by Gasteiger charge is 2.30. The summed E-state index contributed by atoms with van der Waals surface area (Å²) < 4.78 is 4.92. The summed E-state index contributed by atoms with van der Waals surface area (Å²) >= 11 is 0. The molecule has 0 heterocycles. The van der Waals surface area contributed by atoms with Crippen LogP contribution in [0.3, 0.4) is 0 Å². The van der Waals surface area contributed by atoms with Crippen LogP contribution in [-0.2, 0) is 9.53 Å². The molecule has 0 amide bonds. The number of carbonyl (C=O) groups is 1. The van der Waals surface area contributed by atoms with E-state index in [0.717, 1.165) is 19.4 Å². The SMILES string of the molecule is CCCCN(C)CC(C)(N)C(=O)OCC. The molecule has 2 N–H and O–H groups in total. The summed E-state index contributed by atoms with van der Waals surface area (Å²) in [5.41, 5.74) is 5.00. The van der Waals surface area contributed by atoms with Gasteiger partial charge in [0.05, 0.1) is 6.61 Å². The maximum absolute atomic E-state index is 11.5. The summed E-state index contributed by atoms with van der Waals surface area (Å²) in [7, 11) is 1.97. The third kappa shape index (κ3) is 5.74. The van der Waals surface area contributed by atoms with Crippen molar-refractivity contribution in [1.82, 2.24) is 4.90 Å². The Morgan fingerprint density at radius 1 is 1.47 bits per heavy atom. The zero-order chi connectivity index (χ0) is 11.9. The molecule has 0 fully saturated rings. The minimum Gasteiger partial charge on any atom is -0.465 e. The number of rotatable bonds is 7. The Bertz CT molecular complexity index is 193. The van der Waals surface area contributed by atoms with Crippen LogP contribution in [0.25, 0.3) is 0 Å². The lowest BCUT2D eigenvalue weighted by atomic mass is 10.0. The molecule has 15 heavy (non-hydrogen) atoms. The van der Waals surface area contributed by atoms with Crippen LogP contribution in [0, 0.1) is 0 Å². The summed E-state index contributed by atoms with van der Waals surface area (Å²) in [6, 6.07) is 0. The van der Waals surface area contributed by atoms with E-state index in [1.165, 1.54) is 0 Å².